The lowest BCUT2D eigenvalue weighted by molar-refractivity contribution is 0.0957. The van der Waals surface area contributed by atoms with Crippen molar-refractivity contribution in [3.63, 3.8) is 0 Å². The van der Waals surface area contributed by atoms with Crippen LogP contribution in [0.3, 0.4) is 0 Å². The van der Waals surface area contributed by atoms with E-state index in [9.17, 15) is 26.4 Å². The highest BCUT2D eigenvalue weighted by Gasteiger charge is 2.61. The van der Waals surface area contributed by atoms with Gasteiger partial charge in [-0.3, -0.25) is 9.10 Å². The number of rotatable bonds is 5. The average Bonchev–Trinajstić information content (AvgIpc) is 3.27. The maximum absolute atomic E-state index is 14.6. The number of fused-ring (bicyclic) bond motifs is 6. The van der Waals surface area contributed by atoms with Crippen molar-refractivity contribution in [1.82, 2.24) is 14.9 Å². The lowest BCUT2D eigenvalue weighted by atomic mass is 10.0. The van der Waals surface area contributed by atoms with Gasteiger partial charge in [0.2, 0.25) is 10.0 Å². The molecule has 1 amide bonds. The summed E-state index contributed by atoms with van der Waals surface area (Å²) < 4.78 is 82.7. The molecule has 2 aliphatic rings. The normalized spacial score (nSPS) is 17.0. The molecule has 3 aromatic heterocycles. The quantitative estimate of drug-likeness (QED) is 0.288. The van der Waals surface area contributed by atoms with Crippen LogP contribution in [-0.2, 0) is 16.8 Å². The first-order valence-corrected chi connectivity index (χ1v) is 14.8. The topological polar surface area (TPSA) is 107 Å². The zero-order valence-corrected chi connectivity index (χ0v) is 23.4. The van der Waals surface area contributed by atoms with E-state index in [1.807, 2.05) is 0 Å². The number of aromatic nitrogens is 2. The number of carbonyl (C=O) groups excluding carboxylic acids is 1. The molecule has 0 bridgehead atoms. The van der Waals surface area contributed by atoms with Gasteiger partial charge in [-0.1, -0.05) is 6.07 Å². The molecule has 1 fully saturated rings. The fourth-order valence-corrected chi connectivity index (χ4v) is 6.02. The number of hydrogen-bond donors (Lipinski definition) is 1. The van der Waals surface area contributed by atoms with Crippen LogP contribution < -0.4 is 14.4 Å². The molecule has 1 unspecified atom stereocenters. The highest BCUT2D eigenvalue weighted by atomic mass is 32.2. The third-order valence-corrected chi connectivity index (χ3v) is 9.08. The largest absolute Gasteiger partial charge is 0.470 e. The lowest BCUT2D eigenvalue weighted by Crippen LogP contribution is -2.25. The number of sulfonamides is 1. The monoisotopic (exact) mass is 596 g/mol. The Morgan fingerprint density at radius 1 is 1.17 bits per heavy atom. The van der Waals surface area contributed by atoms with Crippen LogP contribution in [-0.4, -0.2) is 50.1 Å². The van der Waals surface area contributed by atoms with E-state index in [1.165, 1.54) is 32.3 Å². The van der Waals surface area contributed by atoms with E-state index in [-0.39, 0.29) is 34.7 Å². The van der Waals surface area contributed by atoms with Crippen LogP contribution in [0.25, 0.3) is 44.5 Å². The molecule has 0 spiro atoms. The van der Waals surface area contributed by atoms with Gasteiger partial charge >= 0.3 is 0 Å². The van der Waals surface area contributed by atoms with Crippen LogP contribution in [0.5, 0.6) is 5.75 Å². The number of alkyl halides is 2. The third kappa shape index (κ3) is 3.86. The third-order valence-electron chi connectivity index (χ3n) is 7.89. The zero-order valence-electron chi connectivity index (χ0n) is 22.5. The first kappa shape index (κ1) is 26.4. The van der Waals surface area contributed by atoms with Crippen molar-refractivity contribution in [3.8, 4) is 28.4 Å². The van der Waals surface area contributed by atoms with Crippen molar-refractivity contribution >= 4 is 43.5 Å². The second kappa shape index (κ2) is 8.74. The Hall–Kier alpha value is -4.52. The van der Waals surface area contributed by atoms with Crippen molar-refractivity contribution in [1.29, 1.82) is 0 Å². The van der Waals surface area contributed by atoms with Gasteiger partial charge in [-0.15, -0.1) is 0 Å². The number of benzene rings is 2. The fraction of sp³-hybridized carbons (Fsp3) is 0.241. The molecule has 1 aliphatic carbocycles. The van der Waals surface area contributed by atoms with Gasteiger partial charge in [0.05, 0.1) is 40.3 Å². The molecule has 1 aliphatic heterocycles. The number of amides is 1. The van der Waals surface area contributed by atoms with Crippen molar-refractivity contribution < 1.29 is 35.5 Å². The molecule has 7 rings (SSSR count). The van der Waals surface area contributed by atoms with Crippen LogP contribution >= 0.6 is 0 Å². The Bertz CT molecular complexity index is 2090. The van der Waals surface area contributed by atoms with Gasteiger partial charge in [-0.2, -0.15) is 0 Å². The number of ether oxygens (including phenoxy) is 1. The summed E-state index contributed by atoms with van der Waals surface area (Å²) in [5.41, 5.74) is 2.44. The Morgan fingerprint density at radius 3 is 2.62 bits per heavy atom. The SMILES string of the molecule is CNC(=O)c1c(C2CC2(F)F)oc2cc(N(C)S(C)(=O)=O)c(-c3ccc4c(n3)-c3cc5c(F)cccc5n3CO4)cc12. The number of nitrogens with zero attached hydrogens (tertiary/aromatic N) is 3. The minimum Gasteiger partial charge on any atom is -0.470 e. The van der Waals surface area contributed by atoms with Crippen LogP contribution in [0.4, 0.5) is 18.9 Å². The summed E-state index contributed by atoms with van der Waals surface area (Å²) in [5, 5.41) is 3.12. The van der Waals surface area contributed by atoms with E-state index in [0.717, 1.165) is 10.6 Å². The number of carbonyl (C=O) groups is 1. The molecule has 0 saturated heterocycles. The molecule has 42 heavy (non-hydrogen) atoms. The van der Waals surface area contributed by atoms with Gasteiger partial charge in [-0.05, 0) is 36.4 Å². The second-order valence-corrected chi connectivity index (χ2v) is 12.5. The first-order chi connectivity index (χ1) is 19.9. The van der Waals surface area contributed by atoms with Crippen molar-refractivity contribution in [2.45, 2.75) is 25.0 Å². The van der Waals surface area contributed by atoms with E-state index in [1.54, 1.807) is 34.9 Å². The predicted octanol–water partition coefficient (Wildman–Crippen LogP) is 5.48. The number of furan rings is 1. The van der Waals surface area contributed by atoms with Gasteiger partial charge in [0.25, 0.3) is 11.8 Å². The lowest BCUT2D eigenvalue weighted by Gasteiger charge is -2.23. The molecular weight excluding hydrogens is 573 g/mol. The smallest absolute Gasteiger partial charge is 0.259 e. The number of hydrogen-bond acceptors (Lipinski definition) is 6. The number of anilines is 1. The van der Waals surface area contributed by atoms with Crippen molar-refractivity contribution in [3.05, 3.63) is 65.7 Å². The number of nitrogens with one attached hydrogen (secondary N) is 1. The van der Waals surface area contributed by atoms with E-state index in [0.29, 0.717) is 39.3 Å². The molecule has 0 radical (unpaired) electrons. The molecule has 2 aromatic carbocycles. The molecule has 4 heterocycles. The van der Waals surface area contributed by atoms with Gasteiger partial charge in [0.1, 0.15) is 28.6 Å². The van der Waals surface area contributed by atoms with Crippen molar-refractivity contribution in [2.75, 3.05) is 24.7 Å². The summed E-state index contributed by atoms with van der Waals surface area (Å²) in [6, 6.07) is 12.7. The number of halogens is 3. The van der Waals surface area contributed by atoms with Gasteiger partial charge in [0.15, 0.2) is 6.73 Å². The van der Waals surface area contributed by atoms with Crippen LogP contribution in [0.15, 0.2) is 52.9 Å². The summed E-state index contributed by atoms with van der Waals surface area (Å²) in [5.74, 6) is -4.99. The molecule has 13 heteroatoms. The van der Waals surface area contributed by atoms with E-state index >= 15 is 0 Å². The van der Waals surface area contributed by atoms with Crippen LogP contribution in [0.2, 0.25) is 0 Å². The summed E-state index contributed by atoms with van der Waals surface area (Å²) in [6.07, 6.45) is 0.567. The second-order valence-electron chi connectivity index (χ2n) is 10.5. The minimum absolute atomic E-state index is 0.0404. The summed E-state index contributed by atoms with van der Waals surface area (Å²) in [6.45, 7) is 0.142. The Kier molecular flexibility index (Phi) is 5.49. The Balaban J connectivity index is 1.48. The first-order valence-electron chi connectivity index (χ1n) is 13.0. The molecular formula is C29H23F3N4O5S. The predicted molar refractivity (Wildman–Crippen MR) is 150 cm³/mol. The molecule has 9 nitrogen and oxygen atoms in total. The molecule has 1 N–H and O–H groups in total. The van der Waals surface area contributed by atoms with Gasteiger partial charge in [-0.25, -0.2) is 26.6 Å². The molecule has 5 aromatic rings. The van der Waals surface area contributed by atoms with E-state index in [2.05, 4.69) is 5.32 Å². The maximum Gasteiger partial charge on any atom is 0.259 e. The zero-order chi connectivity index (χ0) is 29.7. The van der Waals surface area contributed by atoms with E-state index < -0.39 is 40.0 Å². The Morgan fingerprint density at radius 2 is 1.93 bits per heavy atom. The van der Waals surface area contributed by atoms with Crippen LogP contribution in [0.1, 0.15) is 28.5 Å². The molecule has 1 saturated carbocycles. The summed E-state index contributed by atoms with van der Waals surface area (Å²) >= 11 is 0. The minimum atomic E-state index is -3.80. The van der Waals surface area contributed by atoms with Gasteiger partial charge in [0, 0.05) is 42.9 Å². The van der Waals surface area contributed by atoms with Crippen molar-refractivity contribution in [2.24, 2.45) is 0 Å². The molecule has 216 valence electrons. The highest BCUT2D eigenvalue weighted by Crippen LogP contribution is 2.58. The summed E-state index contributed by atoms with van der Waals surface area (Å²) in [7, 11) is -1.06. The maximum atomic E-state index is 14.6. The summed E-state index contributed by atoms with van der Waals surface area (Å²) in [4.78, 5) is 17.7. The van der Waals surface area contributed by atoms with Crippen LogP contribution in [0, 0.1) is 5.82 Å². The highest BCUT2D eigenvalue weighted by molar-refractivity contribution is 7.92. The van der Waals surface area contributed by atoms with E-state index in [4.69, 9.17) is 14.1 Å². The van der Waals surface area contributed by atoms with Gasteiger partial charge < -0.3 is 19.0 Å². The fourth-order valence-electron chi connectivity index (χ4n) is 5.51. The number of pyridine rings is 1. The Labute approximate surface area is 237 Å². The average molecular weight is 597 g/mol. The molecule has 1 atom stereocenters. The standard InChI is InChI=1S/C29H23F3N4O5S/c1-33-28(37)25-16-9-15(21(35(2)42(3,38)39)11-24(16)41-27(25)17-12-29(17,31)32)19-7-8-23-26(34-19)22-10-14-18(30)5-4-6-20(14)36(22)13-40-23/h4-11,17H,12-13H2,1-3H3,(H,33,37).